The fourth-order valence-electron chi connectivity index (χ4n) is 6.08. The third kappa shape index (κ3) is 5.51. The van der Waals surface area contributed by atoms with E-state index in [4.69, 9.17) is 11.6 Å². The fourth-order valence-corrected chi connectivity index (χ4v) is 6.19. The van der Waals surface area contributed by atoms with Crippen LogP contribution in [0.3, 0.4) is 0 Å². The molecular formula is C28H35ClF2. The molecule has 2 aliphatic carbocycles. The lowest BCUT2D eigenvalue weighted by molar-refractivity contribution is 0.113. The van der Waals surface area contributed by atoms with Gasteiger partial charge in [0.15, 0.2) is 0 Å². The number of rotatable bonds is 7. The maximum absolute atomic E-state index is 13.8. The molecule has 0 nitrogen and oxygen atoms in total. The summed E-state index contributed by atoms with van der Waals surface area (Å²) in [6.07, 6.45) is 15.2. The average molecular weight is 445 g/mol. The molecule has 4 rings (SSSR count). The monoisotopic (exact) mass is 444 g/mol. The Morgan fingerprint density at radius 2 is 1.48 bits per heavy atom. The van der Waals surface area contributed by atoms with Crippen molar-refractivity contribution in [2.45, 2.75) is 83.5 Å². The molecule has 4 unspecified atom stereocenters. The van der Waals surface area contributed by atoms with Crippen LogP contribution < -0.4 is 0 Å². The predicted molar refractivity (Wildman–Crippen MR) is 126 cm³/mol. The summed E-state index contributed by atoms with van der Waals surface area (Å²) in [5.41, 5.74) is 2.74. The highest BCUT2D eigenvalue weighted by Crippen LogP contribution is 2.48. The molecule has 2 aromatic rings. The van der Waals surface area contributed by atoms with Crippen molar-refractivity contribution in [1.82, 2.24) is 0 Å². The van der Waals surface area contributed by atoms with E-state index < -0.39 is 16.7 Å². The quantitative estimate of drug-likeness (QED) is 0.294. The van der Waals surface area contributed by atoms with Crippen molar-refractivity contribution in [1.29, 1.82) is 0 Å². The second-order valence-electron chi connectivity index (χ2n) is 9.93. The van der Waals surface area contributed by atoms with Gasteiger partial charge in [-0.3, -0.25) is 0 Å². The summed E-state index contributed by atoms with van der Waals surface area (Å²) in [5.74, 6) is 1.98. The van der Waals surface area contributed by atoms with E-state index in [0.29, 0.717) is 11.5 Å². The number of unbranched alkanes of at least 4 members (excludes halogenated alkanes) is 3. The van der Waals surface area contributed by atoms with Crippen LogP contribution in [0.25, 0.3) is 11.1 Å². The van der Waals surface area contributed by atoms with E-state index >= 15 is 0 Å². The van der Waals surface area contributed by atoms with E-state index in [-0.39, 0.29) is 0 Å². The van der Waals surface area contributed by atoms with Gasteiger partial charge in [0.05, 0.1) is 0 Å². The summed E-state index contributed by atoms with van der Waals surface area (Å²) in [7, 11) is 0. The van der Waals surface area contributed by atoms with Crippen molar-refractivity contribution < 1.29 is 8.78 Å². The molecule has 2 saturated carbocycles. The molecule has 4 atom stereocenters. The van der Waals surface area contributed by atoms with Crippen molar-refractivity contribution >= 4 is 11.6 Å². The first-order valence-electron chi connectivity index (χ1n) is 12.3. The molecule has 0 amide bonds. The van der Waals surface area contributed by atoms with E-state index in [2.05, 4.69) is 19.1 Å². The zero-order valence-electron chi connectivity index (χ0n) is 18.7. The highest BCUT2D eigenvalue weighted by Gasteiger charge is 2.35. The van der Waals surface area contributed by atoms with Gasteiger partial charge in [-0.05, 0) is 84.6 Å². The molecule has 0 aromatic heterocycles. The SMILES string of the molecule is CCCCCCC1CCC2CC(c3ccc(-c4cc(F)c(Cl)c(F)c4)cc3)CCC2C1. The first kappa shape index (κ1) is 22.8. The Morgan fingerprint density at radius 1 is 0.806 bits per heavy atom. The van der Waals surface area contributed by atoms with Gasteiger partial charge in [0.2, 0.25) is 0 Å². The molecule has 2 fully saturated rings. The van der Waals surface area contributed by atoms with Crippen LogP contribution in [0.1, 0.15) is 89.0 Å². The molecule has 0 spiro atoms. The molecule has 31 heavy (non-hydrogen) atoms. The third-order valence-electron chi connectivity index (χ3n) is 7.89. The smallest absolute Gasteiger partial charge is 0.145 e. The Balaban J connectivity index is 1.34. The number of halogens is 3. The van der Waals surface area contributed by atoms with E-state index in [1.165, 1.54) is 88.3 Å². The summed E-state index contributed by atoms with van der Waals surface area (Å²) >= 11 is 5.62. The number of hydrogen-bond donors (Lipinski definition) is 0. The second kappa shape index (κ2) is 10.5. The molecule has 0 bridgehead atoms. The minimum Gasteiger partial charge on any atom is -0.205 e. The normalized spacial score (nSPS) is 25.9. The molecule has 0 heterocycles. The molecule has 168 valence electrons. The minimum absolute atomic E-state index is 0.437. The molecule has 3 heteroatoms. The summed E-state index contributed by atoms with van der Waals surface area (Å²) < 4.78 is 27.6. The average Bonchev–Trinajstić information content (AvgIpc) is 2.79. The topological polar surface area (TPSA) is 0 Å². The Kier molecular flexibility index (Phi) is 7.69. The van der Waals surface area contributed by atoms with E-state index in [0.717, 1.165) is 23.3 Å². The van der Waals surface area contributed by atoms with Gasteiger partial charge in [-0.15, -0.1) is 0 Å². The zero-order valence-corrected chi connectivity index (χ0v) is 19.4. The number of benzene rings is 2. The molecule has 0 aliphatic heterocycles. The van der Waals surface area contributed by atoms with Crippen LogP contribution in [0, 0.1) is 29.4 Å². The highest BCUT2D eigenvalue weighted by molar-refractivity contribution is 6.31. The third-order valence-corrected chi connectivity index (χ3v) is 8.25. The van der Waals surface area contributed by atoms with Crippen LogP contribution >= 0.6 is 11.6 Å². The summed E-state index contributed by atoms with van der Waals surface area (Å²) in [6, 6.07) is 10.9. The van der Waals surface area contributed by atoms with Crippen molar-refractivity contribution in [3.05, 3.63) is 58.6 Å². The van der Waals surface area contributed by atoms with Crippen LogP contribution in [0.2, 0.25) is 5.02 Å². The van der Waals surface area contributed by atoms with Crippen LogP contribution in [-0.4, -0.2) is 0 Å². The fraction of sp³-hybridized carbons (Fsp3) is 0.571. The maximum atomic E-state index is 13.8. The lowest BCUT2D eigenvalue weighted by Crippen LogP contribution is -2.30. The van der Waals surface area contributed by atoms with Gasteiger partial charge in [0.25, 0.3) is 0 Å². The van der Waals surface area contributed by atoms with Gasteiger partial charge < -0.3 is 0 Å². The largest absolute Gasteiger partial charge is 0.205 e. The van der Waals surface area contributed by atoms with Gasteiger partial charge in [-0.2, -0.15) is 0 Å². The predicted octanol–water partition coefficient (Wildman–Crippen LogP) is 9.56. The summed E-state index contributed by atoms with van der Waals surface area (Å²) in [5, 5.41) is -0.437. The first-order chi connectivity index (χ1) is 15.0. The molecule has 0 N–H and O–H groups in total. The molecule has 0 radical (unpaired) electrons. The van der Waals surface area contributed by atoms with Crippen LogP contribution in [0.4, 0.5) is 8.78 Å². The molecule has 0 saturated heterocycles. The Bertz CT molecular complexity index is 837. The van der Waals surface area contributed by atoms with Crippen molar-refractivity contribution in [2.75, 3.05) is 0 Å². The lowest BCUT2D eigenvalue weighted by Gasteiger charge is -2.42. The molecular weight excluding hydrogens is 410 g/mol. The van der Waals surface area contributed by atoms with E-state index in [9.17, 15) is 8.78 Å². The number of fused-ring (bicyclic) bond motifs is 1. The molecule has 2 aliphatic rings. The van der Waals surface area contributed by atoms with Crippen LogP contribution in [-0.2, 0) is 0 Å². The number of hydrogen-bond acceptors (Lipinski definition) is 0. The van der Waals surface area contributed by atoms with Gasteiger partial charge in [-0.1, -0.05) is 81.3 Å². The Hall–Kier alpha value is -1.41. The Labute approximate surface area is 191 Å². The van der Waals surface area contributed by atoms with Gasteiger partial charge in [0.1, 0.15) is 16.7 Å². The van der Waals surface area contributed by atoms with E-state index in [1.54, 1.807) is 0 Å². The molecule has 2 aromatic carbocycles. The second-order valence-corrected chi connectivity index (χ2v) is 10.3. The standard InChI is InChI=1S/C28H35ClF2/c1-2-3-4-5-6-19-7-8-24-16-23(14-13-22(24)15-19)20-9-11-21(12-10-20)25-17-26(30)28(29)27(31)18-25/h9-12,17-19,22-24H,2-8,13-16H2,1H3. The van der Waals surface area contributed by atoms with Crippen molar-refractivity contribution in [3.8, 4) is 11.1 Å². The lowest BCUT2D eigenvalue weighted by atomic mass is 9.63. The maximum Gasteiger partial charge on any atom is 0.145 e. The first-order valence-corrected chi connectivity index (χ1v) is 12.7. The van der Waals surface area contributed by atoms with E-state index in [1.807, 2.05) is 12.1 Å². The van der Waals surface area contributed by atoms with Gasteiger partial charge >= 0.3 is 0 Å². The van der Waals surface area contributed by atoms with Crippen molar-refractivity contribution in [3.63, 3.8) is 0 Å². The van der Waals surface area contributed by atoms with Crippen molar-refractivity contribution in [2.24, 2.45) is 17.8 Å². The van der Waals surface area contributed by atoms with Gasteiger partial charge in [-0.25, -0.2) is 8.78 Å². The Morgan fingerprint density at radius 3 is 2.19 bits per heavy atom. The van der Waals surface area contributed by atoms with Gasteiger partial charge in [0, 0.05) is 0 Å². The zero-order chi connectivity index (χ0) is 21.8. The van der Waals surface area contributed by atoms with Crippen LogP contribution in [0.15, 0.2) is 36.4 Å². The summed E-state index contributed by atoms with van der Waals surface area (Å²) in [6.45, 7) is 2.29. The summed E-state index contributed by atoms with van der Waals surface area (Å²) in [4.78, 5) is 0. The van der Waals surface area contributed by atoms with Crippen LogP contribution in [0.5, 0.6) is 0 Å². The minimum atomic E-state index is -0.708. The highest BCUT2D eigenvalue weighted by atomic mass is 35.5.